The minimum Gasteiger partial charge on any atom is -0.399 e. The zero-order valence-electron chi connectivity index (χ0n) is 13.5. The fourth-order valence-corrected chi connectivity index (χ4v) is 2.28. The van der Waals surface area contributed by atoms with Gasteiger partial charge in [-0.25, -0.2) is 9.50 Å². The number of aromatic nitrogens is 3. The van der Waals surface area contributed by atoms with E-state index in [4.69, 9.17) is 9.31 Å². The fraction of sp³-hybridized carbons (Fsp3) is 0.600. The van der Waals surface area contributed by atoms with Gasteiger partial charge in [-0.15, -0.1) is 0 Å². The van der Waals surface area contributed by atoms with Crippen molar-refractivity contribution in [1.29, 1.82) is 0 Å². The van der Waals surface area contributed by atoms with Crippen molar-refractivity contribution in [1.82, 2.24) is 14.6 Å². The van der Waals surface area contributed by atoms with E-state index >= 15 is 0 Å². The van der Waals surface area contributed by atoms with Gasteiger partial charge in [-0.2, -0.15) is 5.10 Å². The standard InChI is InChI=1S/C15H22BN3O2/c1-10(2)13-17-12-8-7-11(9-19(12)18-13)16-20-14(3,4)15(5,6)21-16/h7-10H,1-6H3. The van der Waals surface area contributed by atoms with Gasteiger partial charge < -0.3 is 9.31 Å². The molecule has 0 aliphatic carbocycles. The SMILES string of the molecule is CC(C)c1nc2ccc(B3OC(C)(C)C(C)(C)O3)cn2n1. The van der Waals surface area contributed by atoms with Crippen LogP contribution >= 0.6 is 0 Å². The van der Waals surface area contributed by atoms with Gasteiger partial charge in [0.05, 0.1) is 11.2 Å². The van der Waals surface area contributed by atoms with E-state index in [1.807, 2.05) is 18.3 Å². The first-order valence-corrected chi connectivity index (χ1v) is 7.41. The minimum atomic E-state index is -0.369. The molecule has 0 bridgehead atoms. The maximum absolute atomic E-state index is 6.07. The highest BCUT2D eigenvalue weighted by atomic mass is 16.7. The summed E-state index contributed by atoms with van der Waals surface area (Å²) in [5.41, 5.74) is 1.14. The monoisotopic (exact) mass is 287 g/mol. The van der Waals surface area contributed by atoms with Crippen LogP contribution in [0.3, 0.4) is 0 Å². The summed E-state index contributed by atoms with van der Waals surface area (Å²) in [6, 6.07) is 3.95. The van der Waals surface area contributed by atoms with Gasteiger partial charge in [0.25, 0.3) is 0 Å². The van der Waals surface area contributed by atoms with Gasteiger partial charge >= 0.3 is 7.12 Å². The van der Waals surface area contributed by atoms with E-state index in [9.17, 15) is 0 Å². The van der Waals surface area contributed by atoms with Crippen molar-refractivity contribution in [3.8, 4) is 0 Å². The molecule has 5 nitrogen and oxygen atoms in total. The second-order valence-electron chi connectivity index (χ2n) is 6.98. The van der Waals surface area contributed by atoms with Crippen LogP contribution in [0.5, 0.6) is 0 Å². The Labute approximate surface area is 125 Å². The van der Waals surface area contributed by atoms with Gasteiger partial charge in [0.15, 0.2) is 11.5 Å². The smallest absolute Gasteiger partial charge is 0.399 e. The lowest BCUT2D eigenvalue weighted by molar-refractivity contribution is 0.00578. The molecule has 1 saturated heterocycles. The highest BCUT2D eigenvalue weighted by Crippen LogP contribution is 2.36. The zero-order chi connectivity index (χ0) is 15.4. The molecule has 0 atom stereocenters. The normalized spacial score (nSPS) is 20.6. The molecule has 1 aliphatic rings. The Bertz CT molecular complexity index is 663. The first kappa shape index (κ1) is 14.5. The third-order valence-electron chi connectivity index (χ3n) is 4.41. The molecule has 0 N–H and O–H groups in total. The van der Waals surface area contributed by atoms with E-state index in [0.29, 0.717) is 5.92 Å². The lowest BCUT2D eigenvalue weighted by Crippen LogP contribution is -2.41. The lowest BCUT2D eigenvalue weighted by atomic mass is 9.80. The Morgan fingerprint density at radius 1 is 1.10 bits per heavy atom. The van der Waals surface area contributed by atoms with Crippen molar-refractivity contribution in [3.63, 3.8) is 0 Å². The lowest BCUT2D eigenvalue weighted by Gasteiger charge is -2.32. The van der Waals surface area contributed by atoms with E-state index in [0.717, 1.165) is 16.9 Å². The van der Waals surface area contributed by atoms with Crippen LogP contribution in [0.4, 0.5) is 0 Å². The van der Waals surface area contributed by atoms with Crippen LogP contribution in [0.15, 0.2) is 18.3 Å². The molecular weight excluding hydrogens is 265 g/mol. The van der Waals surface area contributed by atoms with Crippen molar-refractivity contribution in [2.24, 2.45) is 0 Å². The predicted octanol–water partition coefficient (Wildman–Crippen LogP) is 2.15. The summed E-state index contributed by atoms with van der Waals surface area (Å²) < 4.78 is 13.9. The first-order chi connectivity index (χ1) is 9.69. The van der Waals surface area contributed by atoms with Crippen molar-refractivity contribution in [2.75, 3.05) is 0 Å². The van der Waals surface area contributed by atoms with Crippen LogP contribution in [0.25, 0.3) is 5.65 Å². The number of hydrogen-bond donors (Lipinski definition) is 0. The number of hydrogen-bond acceptors (Lipinski definition) is 4. The summed E-state index contributed by atoms with van der Waals surface area (Å²) in [7, 11) is -0.369. The van der Waals surface area contributed by atoms with Gasteiger partial charge in [-0.1, -0.05) is 19.9 Å². The van der Waals surface area contributed by atoms with Gasteiger partial charge in [0.2, 0.25) is 0 Å². The molecule has 1 aliphatic heterocycles. The largest absolute Gasteiger partial charge is 0.496 e. The van der Waals surface area contributed by atoms with Gasteiger partial charge in [0.1, 0.15) is 0 Å². The summed E-state index contributed by atoms with van der Waals surface area (Å²) in [6.07, 6.45) is 1.94. The Morgan fingerprint density at radius 2 is 1.71 bits per heavy atom. The van der Waals surface area contributed by atoms with Crippen molar-refractivity contribution >= 4 is 18.2 Å². The zero-order valence-corrected chi connectivity index (χ0v) is 13.5. The second-order valence-corrected chi connectivity index (χ2v) is 6.98. The molecule has 0 saturated carbocycles. The molecule has 21 heavy (non-hydrogen) atoms. The van der Waals surface area contributed by atoms with Crippen LogP contribution in [0.1, 0.15) is 53.3 Å². The molecule has 0 radical (unpaired) electrons. The molecular formula is C15H22BN3O2. The van der Waals surface area contributed by atoms with Crippen molar-refractivity contribution in [2.45, 2.75) is 58.7 Å². The highest BCUT2D eigenvalue weighted by molar-refractivity contribution is 6.62. The van der Waals surface area contributed by atoms with Crippen LogP contribution in [-0.2, 0) is 9.31 Å². The summed E-state index contributed by atoms with van der Waals surface area (Å²) in [6.45, 7) is 12.4. The van der Waals surface area contributed by atoms with Gasteiger partial charge in [0, 0.05) is 17.6 Å². The summed E-state index contributed by atoms with van der Waals surface area (Å²) in [4.78, 5) is 4.51. The van der Waals surface area contributed by atoms with Gasteiger partial charge in [-0.05, 0) is 33.8 Å². The van der Waals surface area contributed by atoms with Crippen LogP contribution in [0, 0.1) is 0 Å². The number of pyridine rings is 1. The summed E-state index contributed by atoms with van der Waals surface area (Å²) >= 11 is 0. The van der Waals surface area contributed by atoms with Crippen molar-refractivity contribution < 1.29 is 9.31 Å². The maximum atomic E-state index is 6.07. The van der Waals surface area contributed by atoms with E-state index in [1.165, 1.54) is 0 Å². The Morgan fingerprint density at radius 3 is 2.29 bits per heavy atom. The molecule has 0 aromatic carbocycles. The Hall–Kier alpha value is -1.40. The average molecular weight is 287 g/mol. The molecule has 2 aromatic heterocycles. The third kappa shape index (κ3) is 2.36. The Balaban J connectivity index is 1.95. The van der Waals surface area contributed by atoms with Crippen LogP contribution in [0.2, 0.25) is 0 Å². The molecule has 0 amide bonds. The third-order valence-corrected chi connectivity index (χ3v) is 4.41. The molecule has 1 fully saturated rings. The Kier molecular flexibility index (Phi) is 3.15. The maximum Gasteiger partial charge on any atom is 0.496 e. The predicted molar refractivity (Wildman–Crippen MR) is 82.8 cm³/mol. The van der Waals surface area contributed by atoms with E-state index < -0.39 is 0 Å². The molecule has 0 unspecified atom stereocenters. The van der Waals surface area contributed by atoms with E-state index in [2.05, 4.69) is 51.6 Å². The van der Waals surface area contributed by atoms with Gasteiger partial charge in [-0.3, -0.25) is 0 Å². The minimum absolute atomic E-state index is 0.310. The average Bonchev–Trinajstić information content (AvgIpc) is 2.88. The summed E-state index contributed by atoms with van der Waals surface area (Å²) in [5.74, 6) is 1.16. The van der Waals surface area contributed by atoms with E-state index in [1.54, 1.807) is 4.52 Å². The number of rotatable bonds is 2. The highest BCUT2D eigenvalue weighted by Gasteiger charge is 2.51. The summed E-state index contributed by atoms with van der Waals surface area (Å²) in [5, 5.41) is 4.51. The van der Waals surface area contributed by atoms with Crippen LogP contribution < -0.4 is 5.46 Å². The molecule has 112 valence electrons. The number of nitrogens with zero attached hydrogens (tertiary/aromatic N) is 3. The van der Waals surface area contributed by atoms with E-state index in [-0.39, 0.29) is 18.3 Å². The molecule has 2 aromatic rings. The molecule has 6 heteroatoms. The second kappa shape index (κ2) is 4.55. The van der Waals surface area contributed by atoms with Crippen LogP contribution in [-0.4, -0.2) is 32.9 Å². The fourth-order valence-electron chi connectivity index (χ4n) is 2.28. The van der Waals surface area contributed by atoms with Crippen molar-refractivity contribution in [3.05, 3.63) is 24.2 Å². The number of fused-ring (bicyclic) bond motifs is 1. The molecule has 3 rings (SSSR count). The topological polar surface area (TPSA) is 48.7 Å². The quantitative estimate of drug-likeness (QED) is 0.794. The molecule has 0 spiro atoms. The first-order valence-electron chi connectivity index (χ1n) is 7.41. The molecule has 3 heterocycles.